The molecular weight excluding hydrogens is 465 g/mol. The first-order chi connectivity index (χ1) is 16.4. The number of hydrogen-bond donors (Lipinski definition) is 2. The predicted molar refractivity (Wildman–Crippen MR) is 122 cm³/mol. The van der Waals surface area contributed by atoms with Gasteiger partial charge in [0, 0.05) is 17.7 Å². The molecule has 3 aromatic heterocycles. The number of benzene rings is 1. The molecule has 1 aromatic carbocycles. The van der Waals surface area contributed by atoms with E-state index in [4.69, 9.17) is 11.6 Å². The lowest BCUT2D eigenvalue weighted by atomic mass is 9.92. The van der Waals surface area contributed by atoms with Crippen molar-refractivity contribution in [1.82, 2.24) is 30.4 Å². The number of rotatable bonds is 3. The molecule has 1 aliphatic heterocycles. The molecule has 5 rings (SSSR count). The van der Waals surface area contributed by atoms with Gasteiger partial charge in [0.2, 0.25) is 5.65 Å². The van der Waals surface area contributed by atoms with Crippen molar-refractivity contribution < 1.29 is 13.8 Å². The zero-order valence-electron chi connectivity index (χ0n) is 18.2. The molecule has 2 amide bonds. The van der Waals surface area contributed by atoms with E-state index in [1.54, 1.807) is 17.0 Å². The van der Waals surface area contributed by atoms with E-state index in [2.05, 4.69) is 35.4 Å². The number of anilines is 1. The first-order valence-electron chi connectivity index (χ1n) is 10.6. The smallest absolute Gasteiger partial charge is 0.313 e. The number of pyridine rings is 1. The van der Waals surface area contributed by atoms with Crippen molar-refractivity contribution in [3.8, 4) is 11.3 Å². The van der Waals surface area contributed by atoms with E-state index in [0.29, 0.717) is 35.3 Å². The Morgan fingerprint density at radius 3 is 2.94 bits per heavy atom. The molecule has 0 fully saturated rings. The van der Waals surface area contributed by atoms with Crippen LogP contribution in [0.2, 0.25) is 5.02 Å². The molecule has 1 aliphatic rings. The third kappa shape index (κ3) is 3.77. The van der Waals surface area contributed by atoms with Crippen LogP contribution < -0.4 is 10.9 Å². The quantitative estimate of drug-likeness (QED) is 0.448. The molecular formula is C22H19ClFN7O3. The maximum absolute atomic E-state index is 15.0. The van der Waals surface area contributed by atoms with Crippen molar-refractivity contribution in [3.05, 3.63) is 62.8 Å². The van der Waals surface area contributed by atoms with Crippen molar-refractivity contribution in [1.29, 1.82) is 0 Å². The number of aromatic amines is 1. The Hall–Kier alpha value is -3.86. The molecule has 0 bridgehead atoms. The van der Waals surface area contributed by atoms with Crippen LogP contribution in [0.25, 0.3) is 22.4 Å². The van der Waals surface area contributed by atoms with Gasteiger partial charge < -0.3 is 10.2 Å². The standard InChI is InChI=1S/C22H19ClFN7O3/c1-3-18-20-11(7-19(32)27-28-20)6-10(2)31(18)22(33)26-17-9-13(23)12(8-14(17)24)15-4-5-16-21(25-15)30-34-29-16/h4-5,7-10,18H,3,6H2,1-2H3,(H,26,33)(H,27,32). The normalized spacial score (nSPS) is 17.6. The number of nitrogens with one attached hydrogen (secondary N) is 2. The number of hydrogen-bond acceptors (Lipinski definition) is 7. The summed E-state index contributed by atoms with van der Waals surface area (Å²) < 4.78 is 19.7. The maximum atomic E-state index is 15.0. The summed E-state index contributed by atoms with van der Waals surface area (Å²) in [4.78, 5) is 30.8. The molecule has 0 aliphatic carbocycles. The number of urea groups is 1. The van der Waals surface area contributed by atoms with Gasteiger partial charge in [0.1, 0.15) is 5.82 Å². The van der Waals surface area contributed by atoms with Crippen LogP contribution in [0.1, 0.15) is 37.6 Å². The first-order valence-corrected chi connectivity index (χ1v) is 11.0. The van der Waals surface area contributed by atoms with Gasteiger partial charge in [-0.2, -0.15) is 5.10 Å². The van der Waals surface area contributed by atoms with Gasteiger partial charge >= 0.3 is 6.03 Å². The summed E-state index contributed by atoms with van der Waals surface area (Å²) >= 11 is 6.42. The van der Waals surface area contributed by atoms with Crippen LogP contribution >= 0.6 is 11.6 Å². The van der Waals surface area contributed by atoms with Crippen LogP contribution in [0.15, 0.2) is 39.8 Å². The highest BCUT2D eigenvalue weighted by Gasteiger charge is 2.36. The van der Waals surface area contributed by atoms with Crippen LogP contribution in [-0.4, -0.2) is 42.5 Å². The van der Waals surface area contributed by atoms with E-state index in [0.717, 1.165) is 5.56 Å². The van der Waals surface area contributed by atoms with Gasteiger partial charge in [-0.05, 0) is 59.9 Å². The van der Waals surface area contributed by atoms with Gasteiger partial charge in [0.25, 0.3) is 5.56 Å². The summed E-state index contributed by atoms with van der Waals surface area (Å²) in [6.45, 7) is 3.79. The fourth-order valence-corrected chi connectivity index (χ4v) is 4.60. The molecule has 4 heterocycles. The molecule has 0 radical (unpaired) electrons. The summed E-state index contributed by atoms with van der Waals surface area (Å²) in [5, 5.41) is 16.8. The molecule has 0 saturated carbocycles. The van der Waals surface area contributed by atoms with Gasteiger partial charge in [0.05, 0.1) is 28.1 Å². The van der Waals surface area contributed by atoms with Crippen molar-refractivity contribution in [2.75, 3.05) is 5.32 Å². The van der Waals surface area contributed by atoms with Crippen molar-refractivity contribution in [3.63, 3.8) is 0 Å². The van der Waals surface area contributed by atoms with Gasteiger partial charge in [-0.1, -0.05) is 18.5 Å². The van der Waals surface area contributed by atoms with Crippen molar-refractivity contribution in [2.24, 2.45) is 0 Å². The van der Waals surface area contributed by atoms with E-state index >= 15 is 4.39 Å². The SMILES string of the molecule is CCC1c2n[nH]c(=O)cc2CC(C)N1C(=O)Nc1cc(Cl)c(-c2ccc3nonc3n2)cc1F. The zero-order chi connectivity index (χ0) is 24.0. The van der Waals surface area contributed by atoms with Crippen LogP contribution in [0.3, 0.4) is 0 Å². The average Bonchev–Trinajstić information content (AvgIpc) is 3.28. The molecule has 12 heteroatoms. The van der Waals surface area contributed by atoms with Gasteiger partial charge in [-0.25, -0.2) is 23.9 Å². The highest BCUT2D eigenvalue weighted by atomic mass is 35.5. The molecule has 0 saturated heterocycles. The summed E-state index contributed by atoms with van der Waals surface area (Å²) in [6.07, 6.45) is 1.03. The first kappa shape index (κ1) is 22.0. The number of aromatic nitrogens is 5. The van der Waals surface area contributed by atoms with E-state index < -0.39 is 11.8 Å². The van der Waals surface area contributed by atoms with Crippen LogP contribution in [0.5, 0.6) is 0 Å². The van der Waals surface area contributed by atoms with Crippen molar-refractivity contribution in [2.45, 2.75) is 38.8 Å². The lowest BCUT2D eigenvalue weighted by Gasteiger charge is -2.40. The van der Waals surface area contributed by atoms with Crippen LogP contribution in [-0.2, 0) is 6.42 Å². The fourth-order valence-electron chi connectivity index (χ4n) is 4.34. The number of halogens is 2. The number of nitrogens with zero attached hydrogens (tertiary/aromatic N) is 5. The van der Waals surface area contributed by atoms with E-state index in [1.165, 1.54) is 18.2 Å². The molecule has 10 nitrogen and oxygen atoms in total. The molecule has 174 valence electrons. The Balaban J connectivity index is 1.43. The minimum atomic E-state index is -0.673. The van der Waals surface area contributed by atoms with Crippen molar-refractivity contribution >= 4 is 34.5 Å². The lowest BCUT2D eigenvalue weighted by molar-refractivity contribution is 0.145. The Bertz CT molecular complexity index is 1470. The Labute approximate surface area is 197 Å². The van der Waals surface area contributed by atoms with Crippen LogP contribution in [0, 0.1) is 5.82 Å². The summed E-state index contributed by atoms with van der Waals surface area (Å²) in [6, 6.07) is 6.23. The summed E-state index contributed by atoms with van der Waals surface area (Å²) in [5.74, 6) is -0.673. The van der Waals surface area contributed by atoms with E-state index in [1.807, 2.05) is 13.8 Å². The average molecular weight is 484 g/mol. The van der Waals surface area contributed by atoms with Gasteiger partial charge in [0.15, 0.2) is 5.52 Å². The monoisotopic (exact) mass is 483 g/mol. The van der Waals surface area contributed by atoms with E-state index in [9.17, 15) is 9.59 Å². The summed E-state index contributed by atoms with van der Waals surface area (Å²) in [7, 11) is 0. The number of amides is 2. The van der Waals surface area contributed by atoms with E-state index in [-0.39, 0.29) is 34.0 Å². The highest BCUT2D eigenvalue weighted by Crippen LogP contribution is 2.35. The molecule has 2 N–H and O–H groups in total. The number of carbonyl (C=O) groups is 1. The predicted octanol–water partition coefficient (Wildman–Crippen LogP) is 4.09. The van der Waals surface area contributed by atoms with Crippen LogP contribution in [0.4, 0.5) is 14.9 Å². The Kier molecular flexibility index (Phi) is 5.48. The molecule has 2 unspecified atom stereocenters. The van der Waals surface area contributed by atoms with Gasteiger partial charge in [-0.3, -0.25) is 4.79 Å². The Morgan fingerprint density at radius 2 is 2.15 bits per heavy atom. The third-order valence-corrected chi connectivity index (χ3v) is 6.19. The number of H-pyrrole nitrogens is 1. The second kappa shape index (κ2) is 8.49. The fraction of sp³-hybridized carbons (Fsp3) is 0.273. The number of carbonyl (C=O) groups excluding carboxylic acids is 1. The maximum Gasteiger partial charge on any atom is 0.322 e. The molecule has 0 spiro atoms. The molecule has 2 atom stereocenters. The highest BCUT2D eigenvalue weighted by molar-refractivity contribution is 6.33. The largest absolute Gasteiger partial charge is 0.322 e. The minimum absolute atomic E-state index is 0.0646. The Morgan fingerprint density at radius 1 is 1.32 bits per heavy atom. The second-order valence-electron chi connectivity index (χ2n) is 8.07. The number of fused-ring (bicyclic) bond motifs is 2. The summed E-state index contributed by atoms with van der Waals surface area (Å²) in [5.41, 5.74) is 2.54. The zero-order valence-corrected chi connectivity index (χ0v) is 18.9. The third-order valence-electron chi connectivity index (χ3n) is 5.88. The topological polar surface area (TPSA) is 130 Å². The minimum Gasteiger partial charge on any atom is -0.313 e. The van der Waals surface area contributed by atoms with Gasteiger partial charge in [-0.15, -0.1) is 0 Å². The second-order valence-corrected chi connectivity index (χ2v) is 8.48. The molecule has 34 heavy (non-hydrogen) atoms. The molecule has 4 aromatic rings. The lowest BCUT2D eigenvalue weighted by Crippen LogP contribution is -2.48.